The number of aromatic nitrogens is 3. The molecule has 0 bridgehead atoms. The van der Waals surface area contributed by atoms with E-state index in [1.165, 1.54) is 30.5 Å². The number of hydrogen-bond donors (Lipinski definition) is 1. The van der Waals surface area contributed by atoms with Gasteiger partial charge in [0.25, 0.3) is 11.2 Å². The second-order valence-corrected chi connectivity index (χ2v) is 9.61. The summed E-state index contributed by atoms with van der Waals surface area (Å²) in [5, 5.41) is 36.0. The Morgan fingerprint density at radius 1 is 1.07 bits per heavy atom. The molecule has 0 radical (unpaired) electrons. The fourth-order valence-corrected chi connectivity index (χ4v) is 4.57. The Bertz CT molecular complexity index is 2010. The molecular weight excluding hydrogens is 588 g/mol. The van der Waals surface area contributed by atoms with Gasteiger partial charge in [0.15, 0.2) is 11.6 Å². The number of imidazole rings is 1. The van der Waals surface area contributed by atoms with Gasteiger partial charge in [-0.05, 0) is 54.4 Å². The summed E-state index contributed by atoms with van der Waals surface area (Å²) in [5.41, 5.74) is 1.23. The third kappa shape index (κ3) is 5.28. The number of nitriles is 2. The number of nitro groups is 1. The standard InChI is InChI=1S/C29H17BrN8O3/c1-17(27-34-24-7-2-3-8-25(24)35-27)36-37-28(33-16-18-5-4-6-20(30)13-18)22(14-31)26(23(15-32)29(37)39)19-9-11-21(12-10-19)38(40)41/h2-13,16H,1H3,(H,34,35)/b33-16?,36-17+. The van der Waals surface area contributed by atoms with Gasteiger partial charge in [-0.25, -0.2) is 9.98 Å². The topological polar surface area (TPSA) is 166 Å². The van der Waals surface area contributed by atoms with Crippen molar-refractivity contribution in [1.82, 2.24) is 14.6 Å². The van der Waals surface area contributed by atoms with Crippen molar-refractivity contribution in [3.8, 4) is 23.3 Å². The van der Waals surface area contributed by atoms with Gasteiger partial charge in [0.1, 0.15) is 29.0 Å². The first-order valence-electron chi connectivity index (χ1n) is 12.0. The number of rotatable bonds is 6. The minimum atomic E-state index is -0.822. The van der Waals surface area contributed by atoms with Crippen LogP contribution in [0.3, 0.4) is 0 Å². The molecule has 2 heterocycles. The molecule has 0 aliphatic rings. The van der Waals surface area contributed by atoms with Gasteiger partial charge >= 0.3 is 0 Å². The van der Waals surface area contributed by atoms with Crippen LogP contribution in [-0.2, 0) is 0 Å². The molecule has 5 aromatic rings. The average molecular weight is 605 g/mol. The molecule has 0 aliphatic heterocycles. The van der Waals surface area contributed by atoms with Gasteiger partial charge in [0.05, 0.1) is 16.0 Å². The molecule has 5 rings (SSSR count). The molecule has 12 heteroatoms. The normalized spacial score (nSPS) is 11.5. The number of aliphatic imine (C=N–C) groups is 1. The number of H-pyrrole nitrogens is 1. The van der Waals surface area contributed by atoms with Gasteiger partial charge in [-0.1, -0.05) is 40.2 Å². The number of para-hydroxylation sites is 2. The van der Waals surface area contributed by atoms with E-state index in [4.69, 9.17) is 0 Å². The average Bonchev–Trinajstić information content (AvgIpc) is 3.42. The van der Waals surface area contributed by atoms with E-state index in [2.05, 4.69) is 42.1 Å². The van der Waals surface area contributed by atoms with Crippen molar-refractivity contribution in [2.24, 2.45) is 10.1 Å². The highest BCUT2D eigenvalue weighted by Gasteiger charge is 2.24. The minimum Gasteiger partial charge on any atom is -0.337 e. The molecule has 0 fully saturated rings. The summed E-state index contributed by atoms with van der Waals surface area (Å²) in [7, 11) is 0. The van der Waals surface area contributed by atoms with Crippen LogP contribution < -0.4 is 5.56 Å². The minimum absolute atomic E-state index is 0.00382. The van der Waals surface area contributed by atoms with E-state index in [9.17, 15) is 25.4 Å². The molecule has 1 N–H and O–H groups in total. The number of nitro benzene ring substituents is 1. The molecule has 2 aromatic heterocycles. The summed E-state index contributed by atoms with van der Waals surface area (Å²) in [4.78, 5) is 36.5. The van der Waals surface area contributed by atoms with Crippen molar-refractivity contribution >= 4 is 50.4 Å². The summed E-state index contributed by atoms with van der Waals surface area (Å²) in [6.07, 6.45) is 1.47. The van der Waals surface area contributed by atoms with Crippen molar-refractivity contribution in [3.63, 3.8) is 0 Å². The smallest absolute Gasteiger partial charge is 0.291 e. The fourth-order valence-electron chi connectivity index (χ4n) is 4.16. The molecule has 0 spiro atoms. The molecule has 198 valence electrons. The van der Waals surface area contributed by atoms with Crippen LogP contribution in [0.5, 0.6) is 0 Å². The highest BCUT2D eigenvalue weighted by Crippen LogP contribution is 2.33. The number of pyridine rings is 1. The Morgan fingerprint density at radius 3 is 2.46 bits per heavy atom. The number of nitrogens with one attached hydrogen (secondary N) is 1. The number of fused-ring (bicyclic) bond motifs is 1. The van der Waals surface area contributed by atoms with E-state index in [1.807, 2.05) is 36.4 Å². The van der Waals surface area contributed by atoms with Gasteiger partial charge in [0, 0.05) is 28.4 Å². The fraction of sp³-hybridized carbons (Fsp3) is 0.0345. The number of nitrogens with zero attached hydrogens (tertiary/aromatic N) is 7. The number of aromatic amines is 1. The molecular formula is C29H17BrN8O3. The molecule has 0 amide bonds. The monoisotopic (exact) mass is 604 g/mol. The Hall–Kier alpha value is -5.72. The zero-order valence-electron chi connectivity index (χ0n) is 21.2. The predicted molar refractivity (Wildman–Crippen MR) is 157 cm³/mol. The lowest BCUT2D eigenvalue weighted by molar-refractivity contribution is -0.384. The maximum Gasteiger partial charge on any atom is 0.291 e. The molecule has 0 atom stereocenters. The maximum absolute atomic E-state index is 13.8. The Kier molecular flexibility index (Phi) is 7.33. The van der Waals surface area contributed by atoms with Gasteiger partial charge in [-0.2, -0.15) is 20.3 Å². The van der Waals surface area contributed by atoms with Crippen LogP contribution >= 0.6 is 15.9 Å². The number of hydrogen-bond acceptors (Lipinski definition) is 8. The summed E-state index contributed by atoms with van der Waals surface area (Å²) in [6, 6.07) is 23.8. The molecule has 41 heavy (non-hydrogen) atoms. The molecule has 0 saturated heterocycles. The summed E-state index contributed by atoms with van der Waals surface area (Å²) < 4.78 is 1.70. The Labute approximate surface area is 240 Å². The van der Waals surface area contributed by atoms with E-state index >= 15 is 0 Å². The van der Waals surface area contributed by atoms with Crippen LogP contribution in [0.1, 0.15) is 29.4 Å². The zero-order chi connectivity index (χ0) is 29.1. The maximum atomic E-state index is 13.8. The largest absolute Gasteiger partial charge is 0.337 e. The van der Waals surface area contributed by atoms with Crippen LogP contribution in [-0.4, -0.2) is 31.5 Å². The molecule has 0 saturated carbocycles. The van der Waals surface area contributed by atoms with Crippen molar-refractivity contribution in [2.75, 3.05) is 0 Å². The van der Waals surface area contributed by atoms with E-state index in [0.717, 1.165) is 14.7 Å². The summed E-state index contributed by atoms with van der Waals surface area (Å²) >= 11 is 3.41. The van der Waals surface area contributed by atoms with E-state index in [0.29, 0.717) is 22.6 Å². The van der Waals surface area contributed by atoms with Crippen molar-refractivity contribution < 1.29 is 4.92 Å². The number of halogens is 1. The number of non-ortho nitro benzene ring substituents is 1. The van der Waals surface area contributed by atoms with Crippen molar-refractivity contribution in [3.05, 3.63) is 120 Å². The second kappa shape index (κ2) is 11.2. The molecule has 11 nitrogen and oxygen atoms in total. The number of benzene rings is 3. The van der Waals surface area contributed by atoms with E-state index in [-0.39, 0.29) is 33.8 Å². The molecule has 3 aromatic carbocycles. The van der Waals surface area contributed by atoms with Crippen LogP contribution in [0.4, 0.5) is 11.5 Å². The van der Waals surface area contributed by atoms with Crippen molar-refractivity contribution in [1.29, 1.82) is 10.5 Å². The zero-order valence-corrected chi connectivity index (χ0v) is 22.8. The second-order valence-electron chi connectivity index (χ2n) is 8.69. The lowest BCUT2D eigenvalue weighted by Crippen LogP contribution is -2.23. The third-order valence-electron chi connectivity index (χ3n) is 6.09. The van der Waals surface area contributed by atoms with E-state index < -0.39 is 10.5 Å². The van der Waals surface area contributed by atoms with Gasteiger partial charge in [-0.3, -0.25) is 14.9 Å². The summed E-state index contributed by atoms with van der Waals surface area (Å²) in [5.74, 6) is 0.261. The van der Waals surface area contributed by atoms with Gasteiger partial charge in [-0.15, -0.1) is 0 Å². The highest BCUT2D eigenvalue weighted by atomic mass is 79.9. The Morgan fingerprint density at radius 2 is 1.80 bits per heavy atom. The molecule has 0 aliphatic carbocycles. The van der Waals surface area contributed by atoms with Crippen LogP contribution in [0.15, 0.2) is 92.2 Å². The van der Waals surface area contributed by atoms with Gasteiger partial charge < -0.3 is 4.98 Å². The van der Waals surface area contributed by atoms with Crippen LogP contribution in [0, 0.1) is 32.8 Å². The quantitative estimate of drug-likeness (QED) is 0.145. The Balaban J connectivity index is 1.79. The first kappa shape index (κ1) is 26.9. The molecule has 0 unspecified atom stereocenters. The van der Waals surface area contributed by atoms with Gasteiger partial charge in [0.2, 0.25) is 0 Å². The lowest BCUT2D eigenvalue weighted by atomic mass is 9.96. The lowest BCUT2D eigenvalue weighted by Gasteiger charge is -2.13. The predicted octanol–water partition coefficient (Wildman–Crippen LogP) is 5.83. The van der Waals surface area contributed by atoms with E-state index in [1.54, 1.807) is 25.1 Å². The van der Waals surface area contributed by atoms with Crippen LogP contribution in [0.2, 0.25) is 0 Å². The third-order valence-corrected chi connectivity index (χ3v) is 6.58. The highest BCUT2D eigenvalue weighted by molar-refractivity contribution is 9.10. The summed E-state index contributed by atoms with van der Waals surface area (Å²) in [6.45, 7) is 1.63. The van der Waals surface area contributed by atoms with Crippen molar-refractivity contribution in [2.45, 2.75) is 6.92 Å². The van der Waals surface area contributed by atoms with Crippen LogP contribution in [0.25, 0.3) is 22.2 Å². The SMILES string of the molecule is C/C(=N\n1c(N=Cc2cccc(Br)c2)c(C#N)c(-c2ccc([N+](=O)[O-])cc2)c(C#N)c1=O)c1nc2ccccc2[nH]1. The first-order chi connectivity index (χ1) is 19.8. The first-order valence-corrected chi connectivity index (χ1v) is 12.8.